The van der Waals surface area contributed by atoms with E-state index < -0.39 is 0 Å². The Morgan fingerprint density at radius 1 is 1.39 bits per heavy atom. The topological polar surface area (TPSA) is 56.5 Å². The monoisotopic (exact) mass is 248 g/mol. The van der Waals surface area contributed by atoms with Crippen LogP contribution < -0.4 is 9.47 Å². The van der Waals surface area contributed by atoms with Gasteiger partial charge in [0, 0.05) is 18.7 Å². The van der Waals surface area contributed by atoms with Crippen molar-refractivity contribution in [1.82, 2.24) is 9.55 Å². The maximum atomic E-state index is 9.26. The molecule has 0 spiro atoms. The summed E-state index contributed by atoms with van der Waals surface area (Å²) in [5.74, 6) is 1.32. The van der Waals surface area contributed by atoms with Gasteiger partial charge < -0.3 is 19.1 Å². The highest BCUT2D eigenvalue weighted by atomic mass is 16.5. The molecule has 0 aliphatic heterocycles. The lowest BCUT2D eigenvalue weighted by Crippen LogP contribution is -2.03. The zero-order valence-corrected chi connectivity index (χ0v) is 10.5. The number of nitrogens with zero attached hydrogens (tertiary/aromatic N) is 2. The number of ether oxygens (including phenoxy) is 2. The van der Waals surface area contributed by atoms with Gasteiger partial charge in [0.05, 0.1) is 31.9 Å². The van der Waals surface area contributed by atoms with Crippen LogP contribution >= 0.6 is 0 Å². The predicted molar refractivity (Wildman–Crippen MR) is 66.5 cm³/mol. The van der Waals surface area contributed by atoms with Crippen LogP contribution in [0.2, 0.25) is 0 Å². The van der Waals surface area contributed by atoms with Gasteiger partial charge in [-0.1, -0.05) is 0 Å². The van der Waals surface area contributed by atoms with Crippen LogP contribution in [0.25, 0.3) is 0 Å². The van der Waals surface area contributed by atoms with Crippen molar-refractivity contribution in [1.29, 1.82) is 0 Å². The molecular weight excluding hydrogens is 232 g/mol. The van der Waals surface area contributed by atoms with E-state index in [0.717, 1.165) is 11.3 Å². The third kappa shape index (κ3) is 2.62. The van der Waals surface area contributed by atoms with E-state index in [2.05, 4.69) is 4.98 Å². The van der Waals surface area contributed by atoms with Gasteiger partial charge >= 0.3 is 0 Å². The molecule has 96 valence electrons. The molecule has 1 aromatic carbocycles. The van der Waals surface area contributed by atoms with Gasteiger partial charge in [0.15, 0.2) is 0 Å². The Bertz CT molecular complexity index is 523. The normalized spacial score (nSPS) is 10.4. The fraction of sp³-hybridized carbons (Fsp3) is 0.308. The van der Waals surface area contributed by atoms with Crippen LogP contribution in [0.3, 0.4) is 0 Å². The molecule has 0 aliphatic rings. The summed E-state index contributed by atoms with van der Waals surface area (Å²) >= 11 is 0. The van der Waals surface area contributed by atoms with Crippen molar-refractivity contribution in [3.63, 3.8) is 0 Å². The second kappa shape index (κ2) is 5.55. The fourth-order valence-electron chi connectivity index (χ4n) is 1.60. The molecule has 2 aromatic rings. The molecule has 18 heavy (non-hydrogen) atoms. The van der Waals surface area contributed by atoms with Gasteiger partial charge in [-0.2, -0.15) is 0 Å². The molecule has 0 saturated heterocycles. The van der Waals surface area contributed by atoms with Crippen molar-refractivity contribution < 1.29 is 14.6 Å². The summed E-state index contributed by atoms with van der Waals surface area (Å²) in [7, 11) is 3.50. The molecule has 0 fully saturated rings. The summed E-state index contributed by atoms with van der Waals surface area (Å²) in [5.41, 5.74) is 1.69. The summed E-state index contributed by atoms with van der Waals surface area (Å²) in [5, 5.41) is 9.26. The van der Waals surface area contributed by atoms with E-state index in [0.29, 0.717) is 18.1 Å². The Morgan fingerprint density at radius 3 is 2.83 bits per heavy atom. The summed E-state index contributed by atoms with van der Waals surface area (Å²) in [6, 6.07) is 5.35. The number of hydrogen-bond donors (Lipinski definition) is 1. The van der Waals surface area contributed by atoms with E-state index in [-0.39, 0.29) is 6.61 Å². The number of imidazole rings is 1. The van der Waals surface area contributed by atoms with Crippen molar-refractivity contribution >= 4 is 0 Å². The lowest BCUT2D eigenvalue weighted by Gasteiger charge is -2.11. The molecule has 0 bridgehead atoms. The molecule has 5 heteroatoms. The Hall–Kier alpha value is -2.01. The highest BCUT2D eigenvalue weighted by Crippen LogP contribution is 2.25. The van der Waals surface area contributed by atoms with Crippen molar-refractivity contribution in [3.05, 3.63) is 42.0 Å². The highest BCUT2D eigenvalue weighted by Gasteiger charge is 2.06. The van der Waals surface area contributed by atoms with E-state index in [1.807, 2.05) is 11.6 Å². The molecule has 5 nitrogen and oxygen atoms in total. The minimum absolute atomic E-state index is 0.0648. The predicted octanol–water partition coefficient (Wildman–Crippen LogP) is 1.50. The summed E-state index contributed by atoms with van der Waals surface area (Å²) in [6.07, 6.45) is 3.47. The number of aromatic nitrogens is 2. The summed E-state index contributed by atoms with van der Waals surface area (Å²) in [4.78, 5) is 4.02. The van der Waals surface area contributed by atoms with Crippen LogP contribution in [0.5, 0.6) is 11.5 Å². The maximum absolute atomic E-state index is 9.26. The zero-order valence-electron chi connectivity index (χ0n) is 10.5. The van der Waals surface area contributed by atoms with Crippen molar-refractivity contribution in [2.24, 2.45) is 7.05 Å². The van der Waals surface area contributed by atoms with Crippen molar-refractivity contribution in [2.45, 2.75) is 13.2 Å². The molecule has 0 amide bonds. The molecule has 0 radical (unpaired) electrons. The minimum Gasteiger partial charge on any atom is -0.497 e. The van der Waals surface area contributed by atoms with E-state index >= 15 is 0 Å². The van der Waals surface area contributed by atoms with Crippen LogP contribution in [0.4, 0.5) is 0 Å². The number of hydrogen-bond acceptors (Lipinski definition) is 4. The van der Waals surface area contributed by atoms with Crippen LogP contribution in [-0.2, 0) is 20.3 Å². The minimum atomic E-state index is -0.0648. The second-order valence-corrected chi connectivity index (χ2v) is 3.92. The van der Waals surface area contributed by atoms with Crippen LogP contribution in [0, 0.1) is 0 Å². The average molecular weight is 248 g/mol. The van der Waals surface area contributed by atoms with Gasteiger partial charge in [0.2, 0.25) is 0 Å². The lowest BCUT2D eigenvalue weighted by atomic mass is 10.2. The third-order valence-electron chi connectivity index (χ3n) is 2.74. The first kappa shape index (κ1) is 12.4. The first-order chi connectivity index (χ1) is 8.74. The standard InChI is InChI=1S/C13H16N2O3/c1-15-9-14-6-11(15)8-18-13-5-12(17-2)4-3-10(13)7-16/h3-6,9,16H,7-8H2,1-2H3. The van der Waals surface area contributed by atoms with Gasteiger partial charge in [-0.3, -0.25) is 0 Å². The number of aryl methyl sites for hydroxylation is 1. The quantitative estimate of drug-likeness (QED) is 0.871. The van der Waals surface area contributed by atoms with E-state index in [9.17, 15) is 5.11 Å². The maximum Gasteiger partial charge on any atom is 0.130 e. The van der Waals surface area contributed by atoms with Gasteiger partial charge in [-0.25, -0.2) is 4.98 Å². The molecule has 0 saturated carbocycles. The molecule has 0 unspecified atom stereocenters. The van der Waals surface area contributed by atoms with Gasteiger partial charge in [0.25, 0.3) is 0 Å². The molecular formula is C13H16N2O3. The largest absolute Gasteiger partial charge is 0.497 e. The molecule has 2 rings (SSSR count). The van der Waals surface area contributed by atoms with Crippen molar-refractivity contribution in [3.8, 4) is 11.5 Å². The smallest absolute Gasteiger partial charge is 0.130 e. The zero-order chi connectivity index (χ0) is 13.0. The molecule has 0 atom stereocenters. The van der Waals surface area contributed by atoms with Gasteiger partial charge in [-0.15, -0.1) is 0 Å². The Labute approximate surface area is 106 Å². The molecule has 1 heterocycles. The first-order valence-corrected chi connectivity index (χ1v) is 5.60. The Balaban J connectivity index is 2.14. The van der Waals surface area contributed by atoms with E-state index in [1.54, 1.807) is 37.8 Å². The SMILES string of the molecule is COc1ccc(CO)c(OCc2cncn2C)c1. The van der Waals surface area contributed by atoms with E-state index in [1.165, 1.54) is 0 Å². The number of aliphatic hydroxyl groups is 1. The molecule has 0 aliphatic carbocycles. The summed E-state index contributed by atoms with van der Waals surface area (Å²) < 4.78 is 12.7. The van der Waals surface area contributed by atoms with Gasteiger partial charge in [-0.05, 0) is 12.1 Å². The van der Waals surface area contributed by atoms with Crippen LogP contribution in [0.1, 0.15) is 11.3 Å². The number of aliphatic hydroxyl groups excluding tert-OH is 1. The highest BCUT2D eigenvalue weighted by molar-refractivity contribution is 5.40. The average Bonchev–Trinajstić information content (AvgIpc) is 2.81. The van der Waals surface area contributed by atoms with Crippen LogP contribution in [0.15, 0.2) is 30.7 Å². The summed E-state index contributed by atoms with van der Waals surface area (Å²) in [6.45, 7) is 0.335. The Kier molecular flexibility index (Phi) is 3.84. The number of methoxy groups -OCH3 is 1. The second-order valence-electron chi connectivity index (χ2n) is 3.92. The number of rotatable bonds is 5. The third-order valence-corrected chi connectivity index (χ3v) is 2.74. The number of benzene rings is 1. The Morgan fingerprint density at radius 2 is 2.22 bits per heavy atom. The first-order valence-electron chi connectivity index (χ1n) is 5.60. The van der Waals surface area contributed by atoms with E-state index in [4.69, 9.17) is 9.47 Å². The van der Waals surface area contributed by atoms with Gasteiger partial charge in [0.1, 0.15) is 18.1 Å². The fourth-order valence-corrected chi connectivity index (χ4v) is 1.60. The van der Waals surface area contributed by atoms with Crippen molar-refractivity contribution in [2.75, 3.05) is 7.11 Å². The molecule has 1 aromatic heterocycles. The molecule has 1 N–H and O–H groups in total. The lowest BCUT2D eigenvalue weighted by molar-refractivity contribution is 0.255. The van der Waals surface area contributed by atoms with Crippen LogP contribution in [-0.4, -0.2) is 21.8 Å².